The number of benzene rings is 1. The Morgan fingerprint density at radius 3 is 2.60 bits per heavy atom. The topological polar surface area (TPSA) is 55.8 Å². The second kappa shape index (κ2) is 7.87. The highest BCUT2D eigenvalue weighted by Crippen LogP contribution is 2.17. The van der Waals surface area contributed by atoms with Gasteiger partial charge in [-0.2, -0.15) is 0 Å². The Balaban J connectivity index is 2.50. The molecule has 20 heavy (non-hydrogen) atoms. The van der Waals surface area contributed by atoms with E-state index in [9.17, 15) is 9.90 Å². The number of aliphatic hydroxyl groups is 1. The third kappa shape index (κ3) is 5.59. The van der Waals surface area contributed by atoms with E-state index in [0.717, 1.165) is 18.5 Å². The summed E-state index contributed by atoms with van der Waals surface area (Å²) < 4.78 is 0. The summed E-state index contributed by atoms with van der Waals surface area (Å²) in [5.41, 5.74) is 1.49. The van der Waals surface area contributed by atoms with Gasteiger partial charge in [0.2, 0.25) is 0 Å². The zero-order chi connectivity index (χ0) is 15.1. The SMILES string of the molecule is CC(O)c1cccc(NC(=O)N(C)CCCN(C)C)c1. The smallest absolute Gasteiger partial charge is 0.321 e. The van der Waals surface area contributed by atoms with Crippen LogP contribution < -0.4 is 5.32 Å². The van der Waals surface area contributed by atoms with Crippen molar-refractivity contribution in [1.29, 1.82) is 0 Å². The number of aliphatic hydroxyl groups excluding tert-OH is 1. The van der Waals surface area contributed by atoms with E-state index in [1.807, 2.05) is 32.3 Å². The van der Waals surface area contributed by atoms with Gasteiger partial charge >= 0.3 is 6.03 Å². The van der Waals surface area contributed by atoms with Gasteiger partial charge in [0.15, 0.2) is 0 Å². The van der Waals surface area contributed by atoms with E-state index < -0.39 is 6.10 Å². The van der Waals surface area contributed by atoms with E-state index >= 15 is 0 Å². The predicted octanol–water partition coefficient (Wildman–Crippen LogP) is 2.16. The number of amides is 2. The molecule has 0 fully saturated rings. The van der Waals surface area contributed by atoms with Crippen LogP contribution >= 0.6 is 0 Å². The first-order valence-electron chi connectivity index (χ1n) is 6.85. The van der Waals surface area contributed by atoms with Gasteiger partial charge in [0.05, 0.1) is 6.10 Å². The molecule has 112 valence electrons. The van der Waals surface area contributed by atoms with Gasteiger partial charge < -0.3 is 20.2 Å². The van der Waals surface area contributed by atoms with Crippen LogP contribution in [-0.4, -0.2) is 55.2 Å². The number of nitrogens with one attached hydrogen (secondary N) is 1. The first-order chi connectivity index (χ1) is 9.40. The zero-order valence-corrected chi connectivity index (χ0v) is 12.8. The molecular formula is C15H25N3O2. The maximum atomic E-state index is 12.0. The number of hydrogen-bond acceptors (Lipinski definition) is 3. The van der Waals surface area contributed by atoms with Gasteiger partial charge in [0, 0.05) is 19.3 Å². The van der Waals surface area contributed by atoms with Gasteiger partial charge in [-0.1, -0.05) is 12.1 Å². The molecule has 5 nitrogen and oxygen atoms in total. The normalized spacial score (nSPS) is 12.3. The Bertz CT molecular complexity index is 433. The summed E-state index contributed by atoms with van der Waals surface area (Å²) >= 11 is 0. The van der Waals surface area contributed by atoms with Crippen LogP contribution in [0.25, 0.3) is 0 Å². The molecular weight excluding hydrogens is 254 g/mol. The maximum Gasteiger partial charge on any atom is 0.321 e. The summed E-state index contributed by atoms with van der Waals surface area (Å²) in [7, 11) is 5.81. The summed E-state index contributed by atoms with van der Waals surface area (Å²) in [5.74, 6) is 0. The van der Waals surface area contributed by atoms with Crippen LogP contribution in [0.3, 0.4) is 0 Å². The van der Waals surface area contributed by atoms with Crippen LogP contribution in [0, 0.1) is 0 Å². The van der Waals surface area contributed by atoms with Crippen molar-refractivity contribution in [2.24, 2.45) is 0 Å². The molecule has 0 aliphatic carbocycles. The summed E-state index contributed by atoms with van der Waals surface area (Å²) in [4.78, 5) is 15.8. The van der Waals surface area contributed by atoms with Crippen molar-refractivity contribution in [2.75, 3.05) is 39.5 Å². The third-order valence-corrected chi connectivity index (χ3v) is 3.07. The van der Waals surface area contributed by atoms with Gasteiger partial charge in [0.25, 0.3) is 0 Å². The van der Waals surface area contributed by atoms with E-state index in [0.29, 0.717) is 12.2 Å². The standard InChI is InChI=1S/C15H25N3O2/c1-12(19)13-7-5-8-14(11-13)16-15(20)18(4)10-6-9-17(2)3/h5,7-8,11-12,19H,6,9-10H2,1-4H3,(H,16,20). The molecule has 0 saturated heterocycles. The molecule has 1 unspecified atom stereocenters. The van der Waals surface area contributed by atoms with E-state index in [1.165, 1.54) is 0 Å². The fourth-order valence-corrected chi connectivity index (χ4v) is 1.82. The molecule has 0 aliphatic rings. The van der Waals surface area contributed by atoms with Gasteiger partial charge in [-0.15, -0.1) is 0 Å². The van der Waals surface area contributed by atoms with Gasteiger partial charge in [-0.25, -0.2) is 4.79 Å². The molecule has 0 heterocycles. The van der Waals surface area contributed by atoms with Gasteiger partial charge in [0.1, 0.15) is 0 Å². The monoisotopic (exact) mass is 279 g/mol. The number of urea groups is 1. The van der Waals surface area contributed by atoms with Crippen LogP contribution in [-0.2, 0) is 0 Å². The molecule has 0 bridgehead atoms. The van der Waals surface area contributed by atoms with E-state index in [2.05, 4.69) is 10.2 Å². The highest BCUT2D eigenvalue weighted by molar-refractivity contribution is 5.89. The van der Waals surface area contributed by atoms with E-state index in [4.69, 9.17) is 0 Å². The van der Waals surface area contributed by atoms with E-state index in [1.54, 1.807) is 24.9 Å². The highest BCUT2D eigenvalue weighted by atomic mass is 16.3. The Hall–Kier alpha value is -1.59. The molecule has 2 amide bonds. The quantitative estimate of drug-likeness (QED) is 0.839. The lowest BCUT2D eigenvalue weighted by Gasteiger charge is -2.19. The minimum absolute atomic E-state index is 0.133. The average Bonchev–Trinajstić information content (AvgIpc) is 2.38. The number of hydrogen-bond donors (Lipinski definition) is 2. The number of rotatable bonds is 6. The minimum Gasteiger partial charge on any atom is -0.389 e. The molecule has 0 aromatic heterocycles. The van der Waals surface area contributed by atoms with Crippen molar-refractivity contribution in [2.45, 2.75) is 19.4 Å². The molecule has 0 radical (unpaired) electrons. The van der Waals surface area contributed by atoms with Crippen LogP contribution in [0.1, 0.15) is 25.0 Å². The minimum atomic E-state index is -0.537. The summed E-state index contributed by atoms with van der Waals surface area (Å²) in [5, 5.41) is 12.4. The molecule has 1 rings (SSSR count). The largest absolute Gasteiger partial charge is 0.389 e. The third-order valence-electron chi connectivity index (χ3n) is 3.07. The van der Waals surface area contributed by atoms with Crippen LogP contribution in [0.4, 0.5) is 10.5 Å². The lowest BCUT2D eigenvalue weighted by atomic mass is 10.1. The highest BCUT2D eigenvalue weighted by Gasteiger charge is 2.09. The maximum absolute atomic E-state index is 12.0. The zero-order valence-electron chi connectivity index (χ0n) is 12.8. The van der Waals surface area contributed by atoms with E-state index in [-0.39, 0.29) is 6.03 Å². The van der Waals surface area contributed by atoms with Crippen LogP contribution in [0.2, 0.25) is 0 Å². The molecule has 1 aromatic rings. The lowest BCUT2D eigenvalue weighted by molar-refractivity contribution is 0.199. The Labute approximate surface area is 121 Å². The fraction of sp³-hybridized carbons (Fsp3) is 0.533. The molecule has 1 aromatic carbocycles. The summed E-state index contributed by atoms with van der Waals surface area (Å²) in [6, 6.07) is 7.13. The van der Waals surface area contributed by atoms with Crippen molar-refractivity contribution in [1.82, 2.24) is 9.80 Å². The molecule has 1 atom stereocenters. The number of carbonyl (C=O) groups is 1. The predicted molar refractivity (Wildman–Crippen MR) is 81.9 cm³/mol. The number of anilines is 1. The molecule has 2 N–H and O–H groups in total. The summed E-state index contributed by atoms with van der Waals surface area (Å²) in [6.45, 7) is 3.36. The van der Waals surface area contributed by atoms with Crippen molar-refractivity contribution in [3.63, 3.8) is 0 Å². The number of nitrogens with zero attached hydrogens (tertiary/aromatic N) is 2. The Morgan fingerprint density at radius 1 is 1.30 bits per heavy atom. The lowest BCUT2D eigenvalue weighted by Crippen LogP contribution is -2.33. The molecule has 0 aliphatic heterocycles. The second-order valence-electron chi connectivity index (χ2n) is 5.31. The Kier molecular flexibility index (Phi) is 6.48. The first-order valence-corrected chi connectivity index (χ1v) is 6.85. The Morgan fingerprint density at radius 2 is 2.00 bits per heavy atom. The van der Waals surface area contributed by atoms with Gasteiger partial charge in [-0.05, 0) is 51.7 Å². The van der Waals surface area contributed by atoms with Gasteiger partial charge in [-0.3, -0.25) is 0 Å². The second-order valence-corrected chi connectivity index (χ2v) is 5.31. The van der Waals surface area contributed by atoms with Crippen LogP contribution in [0.15, 0.2) is 24.3 Å². The average molecular weight is 279 g/mol. The first kappa shape index (κ1) is 16.5. The molecule has 0 spiro atoms. The van der Waals surface area contributed by atoms with Crippen LogP contribution in [0.5, 0.6) is 0 Å². The number of carbonyl (C=O) groups excluding carboxylic acids is 1. The molecule has 5 heteroatoms. The van der Waals surface area contributed by atoms with Crippen molar-refractivity contribution < 1.29 is 9.90 Å². The van der Waals surface area contributed by atoms with Crippen molar-refractivity contribution in [3.8, 4) is 0 Å². The van der Waals surface area contributed by atoms with Crippen molar-refractivity contribution >= 4 is 11.7 Å². The fourth-order valence-electron chi connectivity index (χ4n) is 1.82. The summed E-state index contributed by atoms with van der Waals surface area (Å²) in [6.07, 6.45) is 0.398. The van der Waals surface area contributed by atoms with Crippen molar-refractivity contribution in [3.05, 3.63) is 29.8 Å². The molecule has 0 saturated carbocycles.